The van der Waals surface area contributed by atoms with E-state index in [0.717, 1.165) is 63.1 Å². The van der Waals surface area contributed by atoms with E-state index in [1.54, 1.807) is 0 Å². The number of rotatable bonds is 6. The van der Waals surface area contributed by atoms with E-state index in [4.69, 9.17) is 9.26 Å². The summed E-state index contributed by atoms with van der Waals surface area (Å²) in [6, 6.07) is 7.98. The largest absolute Gasteiger partial charge is 0.378 e. The molecular formula is C21H29N5O3. The average molecular weight is 399 g/mol. The number of carbonyl (C=O) groups excluding carboxylic acids is 1. The third-order valence-electron chi connectivity index (χ3n) is 5.71. The zero-order chi connectivity index (χ0) is 20.1. The number of likely N-dealkylation sites (tertiary alicyclic amines) is 1. The van der Waals surface area contributed by atoms with Gasteiger partial charge in [0.15, 0.2) is 0 Å². The molecule has 0 spiro atoms. The van der Waals surface area contributed by atoms with E-state index in [9.17, 15) is 4.79 Å². The Morgan fingerprint density at radius 3 is 2.59 bits per heavy atom. The average Bonchev–Trinajstić information content (AvgIpc) is 3.26. The molecule has 1 aromatic heterocycles. The van der Waals surface area contributed by atoms with E-state index in [2.05, 4.69) is 32.2 Å². The molecule has 2 saturated heterocycles. The second-order valence-electron chi connectivity index (χ2n) is 7.85. The predicted molar refractivity (Wildman–Crippen MR) is 110 cm³/mol. The molecule has 0 bridgehead atoms. The fourth-order valence-electron chi connectivity index (χ4n) is 3.76. The number of nitrogens with one attached hydrogen (secondary N) is 1. The van der Waals surface area contributed by atoms with Crippen molar-refractivity contribution < 1.29 is 14.1 Å². The molecule has 8 heteroatoms. The second kappa shape index (κ2) is 9.37. The number of aromatic nitrogens is 2. The molecule has 1 N–H and O–H groups in total. The van der Waals surface area contributed by atoms with Crippen LogP contribution in [0.4, 0.5) is 5.69 Å². The van der Waals surface area contributed by atoms with Gasteiger partial charge in [0.25, 0.3) is 0 Å². The maximum absolute atomic E-state index is 12.3. The summed E-state index contributed by atoms with van der Waals surface area (Å²) in [4.78, 5) is 21.2. The van der Waals surface area contributed by atoms with Crippen molar-refractivity contribution in [2.75, 3.05) is 57.4 Å². The molecule has 8 nitrogen and oxygen atoms in total. The van der Waals surface area contributed by atoms with Crippen molar-refractivity contribution in [3.05, 3.63) is 30.2 Å². The Morgan fingerprint density at radius 1 is 1.14 bits per heavy atom. The van der Waals surface area contributed by atoms with Crippen LogP contribution in [0.3, 0.4) is 0 Å². The lowest BCUT2D eigenvalue weighted by Gasteiger charge is -2.29. The number of amides is 1. The zero-order valence-electron chi connectivity index (χ0n) is 17.0. The van der Waals surface area contributed by atoms with Crippen molar-refractivity contribution in [1.29, 1.82) is 0 Å². The fraction of sp³-hybridized carbons (Fsp3) is 0.571. The van der Waals surface area contributed by atoms with Gasteiger partial charge in [-0.05, 0) is 56.1 Å². The Labute approximate surface area is 171 Å². The Bertz CT molecular complexity index is 793. The number of piperidine rings is 1. The number of benzene rings is 1. The van der Waals surface area contributed by atoms with Gasteiger partial charge in [-0.2, -0.15) is 4.98 Å². The van der Waals surface area contributed by atoms with Gasteiger partial charge in [0.05, 0.1) is 13.2 Å². The summed E-state index contributed by atoms with van der Waals surface area (Å²) < 4.78 is 10.6. The van der Waals surface area contributed by atoms with E-state index >= 15 is 0 Å². The van der Waals surface area contributed by atoms with Crippen LogP contribution in [-0.4, -0.2) is 73.4 Å². The summed E-state index contributed by atoms with van der Waals surface area (Å²) >= 11 is 0. The molecule has 0 radical (unpaired) electrons. The number of hydrogen-bond acceptors (Lipinski definition) is 7. The van der Waals surface area contributed by atoms with Gasteiger partial charge in [-0.1, -0.05) is 12.1 Å². The van der Waals surface area contributed by atoms with E-state index in [0.29, 0.717) is 12.4 Å². The summed E-state index contributed by atoms with van der Waals surface area (Å²) in [6.45, 7) is 9.21. The minimum absolute atomic E-state index is 0.00419. The molecule has 1 amide bonds. The maximum Gasteiger partial charge on any atom is 0.316 e. The van der Waals surface area contributed by atoms with Crippen LogP contribution in [-0.2, 0) is 4.74 Å². The molecule has 0 aliphatic carbocycles. The van der Waals surface area contributed by atoms with Gasteiger partial charge >= 0.3 is 11.8 Å². The van der Waals surface area contributed by atoms with Crippen molar-refractivity contribution in [3.63, 3.8) is 0 Å². The molecular weight excluding hydrogens is 370 g/mol. The first-order valence-electron chi connectivity index (χ1n) is 10.5. The first-order chi connectivity index (χ1) is 14.2. The minimum Gasteiger partial charge on any atom is -0.378 e. The van der Waals surface area contributed by atoms with Crippen LogP contribution in [0.25, 0.3) is 11.4 Å². The molecule has 0 saturated carbocycles. The normalized spacial score (nSPS) is 18.7. The molecule has 2 aliphatic heterocycles. The topological polar surface area (TPSA) is 83.7 Å². The highest BCUT2D eigenvalue weighted by atomic mass is 16.5. The maximum atomic E-state index is 12.3. The summed E-state index contributed by atoms with van der Waals surface area (Å²) in [6.07, 6.45) is 2.45. The predicted octanol–water partition coefficient (Wildman–Crippen LogP) is 2.03. The number of nitrogens with zero attached hydrogens (tertiary/aromatic N) is 4. The number of hydrogen-bond donors (Lipinski definition) is 1. The third kappa shape index (κ3) is 5.13. The van der Waals surface area contributed by atoms with Crippen LogP contribution >= 0.6 is 0 Å². The van der Waals surface area contributed by atoms with Gasteiger partial charge in [0.2, 0.25) is 5.82 Å². The first kappa shape index (κ1) is 19.8. The van der Waals surface area contributed by atoms with E-state index in [1.807, 2.05) is 24.3 Å². The highest BCUT2D eigenvalue weighted by Gasteiger charge is 2.18. The van der Waals surface area contributed by atoms with Crippen molar-refractivity contribution >= 4 is 11.6 Å². The Hall–Kier alpha value is -2.45. The van der Waals surface area contributed by atoms with E-state index in [1.165, 1.54) is 12.8 Å². The lowest BCUT2D eigenvalue weighted by molar-refractivity contribution is 0.0901. The van der Waals surface area contributed by atoms with Gasteiger partial charge in [-0.15, -0.1) is 0 Å². The molecule has 29 heavy (non-hydrogen) atoms. The molecule has 156 valence electrons. The van der Waals surface area contributed by atoms with Crippen molar-refractivity contribution in [2.45, 2.75) is 19.8 Å². The lowest BCUT2D eigenvalue weighted by Crippen LogP contribution is -2.39. The van der Waals surface area contributed by atoms with Crippen molar-refractivity contribution in [3.8, 4) is 11.4 Å². The molecule has 3 heterocycles. The van der Waals surface area contributed by atoms with Crippen LogP contribution in [0.5, 0.6) is 0 Å². The summed E-state index contributed by atoms with van der Waals surface area (Å²) in [5.74, 6) is 0.915. The Morgan fingerprint density at radius 2 is 1.86 bits per heavy atom. The molecule has 2 aliphatic rings. The molecule has 2 fully saturated rings. The van der Waals surface area contributed by atoms with E-state index in [-0.39, 0.29) is 11.8 Å². The minimum atomic E-state index is -0.320. The third-order valence-corrected chi connectivity index (χ3v) is 5.71. The summed E-state index contributed by atoms with van der Waals surface area (Å²) in [5.41, 5.74) is 1.97. The lowest BCUT2D eigenvalue weighted by atomic mass is 9.99. The zero-order valence-corrected chi connectivity index (χ0v) is 17.0. The Balaban J connectivity index is 1.29. The molecule has 2 aromatic rings. The van der Waals surface area contributed by atoms with Crippen LogP contribution in [0, 0.1) is 5.92 Å². The molecule has 4 rings (SSSR count). The van der Waals surface area contributed by atoms with Crippen molar-refractivity contribution in [2.24, 2.45) is 5.92 Å². The standard InChI is InChI=1S/C21H29N5O3/c1-16-6-9-25(10-7-16)11-8-22-20(27)21-23-19(24-29-21)17-2-4-18(5-3-17)26-12-14-28-15-13-26/h2-5,16H,6-15H2,1H3,(H,22,27). The first-order valence-corrected chi connectivity index (χ1v) is 10.5. The van der Waals surface area contributed by atoms with Crippen LogP contribution in [0.2, 0.25) is 0 Å². The summed E-state index contributed by atoms with van der Waals surface area (Å²) in [7, 11) is 0. The number of ether oxygens (including phenoxy) is 1. The SMILES string of the molecule is CC1CCN(CCNC(=O)c2nc(-c3ccc(N4CCOCC4)cc3)no2)CC1. The van der Waals surface area contributed by atoms with Crippen LogP contribution in [0.15, 0.2) is 28.8 Å². The quantitative estimate of drug-likeness (QED) is 0.796. The number of morpholine rings is 1. The van der Waals surface area contributed by atoms with Crippen molar-refractivity contribution in [1.82, 2.24) is 20.4 Å². The monoisotopic (exact) mass is 399 g/mol. The number of carbonyl (C=O) groups is 1. The van der Waals surface area contributed by atoms with Gasteiger partial charge in [0.1, 0.15) is 0 Å². The summed E-state index contributed by atoms with van der Waals surface area (Å²) in [5, 5.41) is 6.84. The highest BCUT2D eigenvalue weighted by molar-refractivity contribution is 5.89. The van der Waals surface area contributed by atoms with Crippen LogP contribution in [0.1, 0.15) is 30.5 Å². The van der Waals surface area contributed by atoms with Crippen LogP contribution < -0.4 is 10.2 Å². The van der Waals surface area contributed by atoms with Gasteiger partial charge in [-0.3, -0.25) is 4.79 Å². The van der Waals surface area contributed by atoms with Gasteiger partial charge in [-0.25, -0.2) is 0 Å². The Kier molecular flexibility index (Phi) is 6.41. The van der Waals surface area contributed by atoms with E-state index < -0.39 is 0 Å². The number of anilines is 1. The van der Waals surface area contributed by atoms with Gasteiger partial charge < -0.3 is 24.4 Å². The smallest absolute Gasteiger partial charge is 0.316 e. The molecule has 1 aromatic carbocycles. The second-order valence-corrected chi connectivity index (χ2v) is 7.85. The molecule has 0 unspecified atom stereocenters. The van der Waals surface area contributed by atoms with Gasteiger partial charge in [0, 0.05) is 37.4 Å². The highest BCUT2D eigenvalue weighted by Crippen LogP contribution is 2.22. The molecule has 0 atom stereocenters. The fourth-order valence-corrected chi connectivity index (χ4v) is 3.76.